The minimum Gasteiger partial charge on any atom is -0.494 e. The second-order valence-corrected chi connectivity index (χ2v) is 9.00. The summed E-state index contributed by atoms with van der Waals surface area (Å²) in [7, 11) is 1.44. The van der Waals surface area contributed by atoms with Gasteiger partial charge in [0.25, 0.3) is 11.1 Å². The average Bonchev–Trinajstić information content (AvgIpc) is 3.11. The highest BCUT2D eigenvalue weighted by Crippen LogP contribution is 2.34. The van der Waals surface area contributed by atoms with Crippen LogP contribution in [0.4, 0.5) is 10.5 Å². The molecule has 0 saturated carbocycles. The third kappa shape index (κ3) is 7.74. The molecule has 1 saturated heterocycles. The predicted octanol–water partition coefficient (Wildman–Crippen LogP) is 4.10. The molecule has 0 aromatic heterocycles. The van der Waals surface area contributed by atoms with Crippen molar-refractivity contribution in [1.29, 1.82) is 0 Å². The van der Waals surface area contributed by atoms with E-state index in [2.05, 4.69) is 5.32 Å². The molecular formula is C26H28N2O8S. The molecular weight excluding hydrogens is 500 g/mol. The van der Waals surface area contributed by atoms with Crippen LogP contribution in [0.15, 0.2) is 47.4 Å². The number of amides is 3. The molecule has 3 amide bonds. The topological polar surface area (TPSA) is 120 Å². The van der Waals surface area contributed by atoms with E-state index >= 15 is 0 Å². The van der Waals surface area contributed by atoms with Crippen molar-refractivity contribution < 1.29 is 38.1 Å². The van der Waals surface area contributed by atoms with Crippen LogP contribution in [0.1, 0.15) is 26.3 Å². The van der Waals surface area contributed by atoms with Crippen molar-refractivity contribution in [2.45, 2.75) is 26.9 Å². The fraction of sp³-hybridized carbons (Fsp3) is 0.308. The van der Waals surface area contributed by atoms with Crippen molar-refractivity contribution in [2.75, 3.05) is 32.2 Å². The molecule has 37 heavy (non-hydrogen) atoms. The molecule has 1 aliphatic heterocycles. The van der Waals surface area contributed by atoms with Crippen LogP contribution in [0.25, 0.3) is 6.08 Å². The van der Waals surface area contributed by atoms with Crippen molar-refractivity contribution in [3.63, 3.8) is 0 Å². The van der Waals surface area contributed by atoms with Gasteiger partial charge in [0.1, 0.15) is 12.3 Å². The summed E-state index contributed by atoms with van der Waals surface area (Å²) in [5, 5.41) is 2.12. The highest BCUT2D eigenvalue weighted by atomic mass is 32.2. The number of benzene rings is 2. The number of nitrogens with one attached hydrogen (secondary N) is 1. The lowest BCUT2D eigenvalue weighted by atomic mass is 10.2. The van der Waals surface area contributed by atoms with Gasteiger partial charge in [-0.1, -0.05) is 6.07 Å². The number of nitrogens with zero attached hydrogens (tertiary/aromatic N) is 1. The number of methoxy groups -OCH3 is 1. The van der Waals surface area contributed by atoms with E-state index in [4.69, 9.17) is 18.9 Å². The van der Waals surface area contributed by atoms with E-state index < -0.39 is 29.6 Å². The lowest BCUT2D eigenvalue weighted by Crippen LogP contribution is -2.36. The molecule has 0 atom stereocenters. The number of anilines is 1. The quantitative estimate of drug-likeness (QED) is 0.339. The van der Waals surface area contributed by atoms with Gasteiger partial charge in [0.05, 0.1) is 24.7 Å². The highest BCUT2D eigenvalue weighted by molar-refractivity contribution is 8.18. The Labute approximate surface area is 218 Å². The molecule has 10 nitrogen and oxygen atoms in total. The summed E-state index contributed by atoms with van der Waals surface area (Å²) >= 11 is 0.739. The number of rotatable bonds is 11. The van der Waals surface area contributed by atoms with Crippen molar-refractivity contribution in [2.24, 2.45) is 0 Å². The third-order valence-electron chi connectivity index (χ3n) is 4.82. The number of carbonyl (C=O) groups is 4. The zero-order valence-corrected chi connectivity index (χ0v) is 21.8. The first-order valence-corrected chi connectivity index (χ1v) is 12.3. The lowest BCUT2D eigenvalue weighted by molar-refractivity contribution is -0.149. The van der Waals surface area contributed by atoms with Crippen LogP contribution in [0.5, 0.6) is 17.2 Å². The monoisotopic (exact) mass is 528 g/mol. The standard InChI is InChI=1S/C26H28N2O8S/c1-5-34-19-9-7-18(8-10-19)27-23(29)14-28-25(31)22(37-26(28)32)13-17-6-11-20(21(12-17)33-4)35-15-24(30)36-16(2)3/h6-13,16H,5,14-15H2,1-4H3,(H,27,29)/b22-13-. The van der Waals surface area contributed by atoms with Gasteiger partial charge < -0.3 is 24.3 Å². The Morgan fingerprint density at radius 1 is 1.05 bits per heavy atom. The molecule has 1 fully saturated rings. The summed E-state index contributed by atoms with van der Waals surface area (Å²) in [6.45, 7) is 5.17. The molecule has 0 spiro atoms. The molecule has 1 heterocycles. The summed E-state index contributed by atoms with van der Waals surface area (Å²) < 4.78 is 21.2. The number of thioether (sulfide) groups is 1. The molecule has 11 heteroatoms. The van der Waals surface area contributed by atoms with Crippen LogP contribution in [-0.4, -0.2) is 60.9 Å². The van der Waals surface area contributed by atoms with E-state index in [9.17, 15) is 19.2 Å². The number of ether oxygens (including phenoxy) is 4. The molecule has 1 N–H and O–H groups in total. The SMILES string of the molecule is CCOc1ccc(NC(=O)CN2C(=O)S/C(=C\c3ccc(OCC(=O)OC(C)C)c(OC)c3)C2=O)cc1. The number of esters is 1. The van der Waals surface area contributed by atoms with Crippen LogP contribution >= 0.6 is 11.8 Å². The van der Waals surface area contributed by atoms with Crippen LogP contribution < -0.4 is 19.5 Å². The lowest BCUT2D eigenvalue weighted by Gasteiger charge is -2.13. The van der Waals surface area contributed by atoms with Gasteiger partial charge in [-0.3, -0.25) is 19.3 Å². The van der Waals surface area contributed by atoms with Crippen LogP contribution in [-0.2, 0) is 19.1 Å². The smallest absolute Gasteiger partial charge is 0.344 e. The summed E-state index contributed by atoms with van der Waals surface area (Å²) in [4.78, 5) is 50.5. The zero-order chi connectivity index (χ0) is 26.9. The minimum absolute atomic E-state index is 0.162. The first kappa shape index (κ1) is 27.6. The minimum atomic E-state index is -0.576. The summed E-state index contributed by atoms with van der Waals surface area (Å²) in [6, 6.07) is 11.6. The normalized spacial score (nSPS) is 14.2. The number of carbonyl (C=O) groups excluding carboxylic acids is 4. The van der Waals surface area contributed by atoms with Crippen molar-refractivity contribution in [3.05, 3.63) is 52.9 Å². The zero-order valence-electron chi connectivity index (χ0n) is 20.9. The number of imide groups is 1. The van der Waals surface area contributed by atoms with Crippen LogP contribution in [0.3, 0.4) is 0 Å². The Morgan fingerprint density at radius 2 is 1.78 bits per heavy atom. The molecule has 1 aliphatic rings. The Morgan fingerprint density at radius 3 is 2.43 bits per heavy atom. The largest absolute Gasteiger partial charge is 0.494 e. The number of hydrogen-bond donors (Lipinski definition) is 1. The molecule has 196 valence electrons. The van der Waals surface area contributed by atoms with Gasteiger partial charge in [0.2, 0.25) is 5.91 Å². The fourth-order valence-corrected chi connectivity index (χ4v) is 4.10. The molecule has 0 radical (unpaired) electrons. The first-order valence-electron chi connectivity index (χ1n) is 11.5. The predicted molar refractivity (Wildman–Crippen MR) is 139 cm³/mol. The molecule has 0 unspecified atom stereocenters. The summed E-state index contributed by atoms with van der Waals surface area (Å²) in [6.07, 6.45) is 1.27. The van der Waals surface area contributed by atoms with Gasteiger partial charge in [0, 0.05) is 5.69 Å². The molecule has 2 aromatic rings. The van der Waals surface area contributed by atoms with E-state index in [1.807, 2.05) is 6.92 Å². The Bertz CT molecular complexity index is 1190. The summed E-state index contributed by atoms with van der Waals surface area (Å²) in [5.41, 5.74) is 1.08. The van der Waals surface area contributed by atoms with E-state index in [1.165, 1.54) is 13.2 Å². The van der Waals surface area contributed by atoms with Crippen molar-refractivity contribution in [3.8, 4) is 17.2 Å². The maximum absolute atomic E-state index is 12.8. The Hall–Kier alpha value is -3.99. The molecule has 3 rings (SSSR count). The van der Waals surface area contributed by atoms with Crippen molar-refractivity contribution >= 4 is 46.5 Å². The van der Waals surface area contributed by atoms with Gasteiger partial charge >= 0.3 is 5.97 Å². The maximum atomic E-state index is 12.8. The van der Waals surface area contributed by atoms with Gasteiger partial charge in [-0.15, -0.1) is 0 Å². The third-order valence-corrected chi connectivity index (χ3v) is 5.73. The Kier molecular flexibility index (Phi) is 9.56. The number of hydrogen-bond acceptors (Lipinski definition) is 9. The second kappa shape index (κ2) is 12.8. The maximum Gasteiger partial charge on any atom is 0.344 e. The Balaban J connectivity index is 1.63. The molecule has 0 bridgehead atoms. The highest BCUT2D eigenvalue weighted by Gasteiger charge is 2.36. The molecule has 2 aromatic carbocycles. The van der Waals surface area contributed by atoms with Gasteiger partial charge in [-0.05, 0) is 80.6 Å². The van der Waals surface area contributed by atoms with Gasteiger partial charge in [0.15, 0.2) is 18.1 Å². The van der Waals surface area contributed by atoms with E-state index in [0.29, 0.717) is 35.1 Å². The molecule has 0 aliphatic carbocycles. The van der Waals surface area contributed by atoms with E-state index in [-0.39, 0.29) is 17.6 Å². The summed E-state index contributed by atoms with van der Waals surface area (Å²) in [5.74, 6) is -0.276. The average molecular weight is 529 g/mol. The van der Waals surface area contributed by atoms with Crippen molar-refractivity contribution in [1.82, 2.24) is 4.90 Å². The second-order valence-electron chi connectivity index (χ2n) is 8.01. The van der Waals surface area contributed by atoms with Crippen LogP contribution in [0.2, 0.25) is 0 Å². The van der Waals surface area contributed by atoms with Gasteiger partial charge in [-0.2, -0.15) is 0 Å². The first-order chi connectivity index (χ1) is 17.7. The van der Waals surface area contributed by atoms with Gasteiger partial charge in [-0.25, -0.2) is 4.79 Å². The van der Waals surface area contributed by atoms with Crippen LogP contribution in [0, 0.1) is 0 Å². The van der Waals surface area contributed by atoms with E-state index in [1.54, 1.807) is 56.3 Å². The van der Waals surface area contributed by atoms with E-state index in [0.717, 1.165) is 16.7 Å². The fourth-order valence-electron chi connectivity index (χ4n) is 3.26.